The topological polar surface area (TPSA) is 41.1 Å². The Labute approximate surface area is 95.0 Å². The quantitative estimate of drug-likeness (QED) is 0.611. The van der Waals surface area contributed by atoms with E-state index in [1.807, 2.05) is 20.9 Å². The fourth-order valence-electron chi connectivity index (χ4n) is 1.12. The van der Waals surface area contributed by atoms with E-state index in [4.69, 9.17) is 0 Å². The van der Waals surface area contributed by atoms with Crippen LogP contribution in [0.25, 0.3) is 0 Å². The standard InChI is InChI=1S/C10H22N2O.C2H6/c1-3-4-5-9-12-10(13)7-6-8-11-2;1-2/h11H,3-9H2,1-2H3,(H,12,13);1-2H3. The van der Waals surface area contributed by atoms with Gasteiger partial charge in [-0.25, -0.2) is 0 Å². The van der Waals surface area contributed by atoms with Crippen LogP contribution >= 0.6 is 0 Å². The number of amides is 1. The Morgan fingerprint density at radius 2 is 1.73 bits per heavy atom. The molecular formula is C12H28N2O. The minimum Gasteiger partial charge on any atom is -0.356 e. The molecule has 0 atom stereocenters. The van der Waals surface area contributed by atoms with Gasteiger partial charge >= 0.3 is 0 Å². The number of hydrogen-bond acceptors (Lipinski definition) is 2. The Bertz CT molecular complexity index is 127. The molecule has 0 saturated carbocycles. The average molecular weight is 216 g/mol. The highest BCUT2D eigenvalue weighted by atomic mass is 16.1. The highest BCUT2D eigenvalue weighted by Crippen LogP contribution is 1.92. The van der Waals surface area contributed by atoms with Gasteiger partial charge in [0.2, 0.25) is 5.91 Å². The van der Waals surface area contributed by atoms with Crippen LogP contribution in [0.2, 0.25) is 0 Å². The lowest BCUT2D eigenvalue weighted by Crippen LogP contribution is -2.25. The van der Waals surface area contributed by atoms with Crippen molar-refractivity contribution in [2.75, 3.05) is 20.1 Å². The van der Waals surface area contributed by atoms with Crippen LogP contribution in [0.1, 0.15) is 52.9 Å². The first kappa shape index (κ1) is 16.8. The summed E-state index contributed by atoms with van der Waals surface area (Å²) in [5, 5.41) is 5.93. The summed E-state index contributed by atoms with van der Waals surface area (Å²) < 4.78 is 0. The molecule has 0 spiro atoms. The van der Waals surface area contributed by atoms with Crippen LogP contribution in [0.4, 0.5) is 0 Å². The van der Waals surface area contributed by atoms with Crippen LogP contribution in [0.3, 0.4) is 0 Å². The van der Waals surface area contributed by atoms with Gasteiger partial charge in [0, 0.05) is 13.0 Å². The molecule has 0 aliphatic carbocycles. The highest BCUT2D eigenvalue weighted by molar-refractivity contribution is 5.75. The SMILES string of the molecule is CC.CCCCCNC(=O)CCCNC. The molecule has 0 radical (unpaired) electrons. The minimum absolute atomic E-state index is 0.186. The van der Waals surface area contributed by atoms with Gasteiger partial charge in [-0.3, -0.25) is 4.79 Å². The summed E-state index contributed by atoms with van der Waals surface area (Å²) in [6, 6.07) is 0. The summed E-state index contributed by atoms with van der Waals surface area (Å²) >= 11 is 0. The summed E-state index contributed by atoms with van der Waals surface area (Å²) in [4.78, 5) is 11.1. The molecular weight excluding hydrogens is 188 g/mol. The fourth-order valence-corrected chi connectivity index (χ4v) is 1.12. The van der Waals surface area contributed by atoms with Gasteiger partial charge < -0.3 is 10.6 Å². The second-order valence-corrected chi connectivity index (χ2v) is 3.26. The van der Waals surface area contributed by atoms with Gasteiger partial charge in [0.05, 0.1) is 0 Å². The maximum atomic E-state index is 11.1. The van der Waals surface area contributed by atoms with Crippen molar-refractivity contribution >= 4 is 5.91 Å². The van der Waals surface area contributed by atoms with Crippen molar-refractivity contribution in [2.24, 2.45) is 0 Å². The van der Waals surface area contributed by atoms with Crippen LogP contribution in [-0.2, 0) is 4.79 Å². The van der Waals surface area contributed by atoms with Crippen molar-refractivity contribution in [2.45, 2.75) is 52.9 Å². The molecule has 92 valence electrons. The van der Waals surface area contributed by atoms with Crippen LogP contribution in [-0.4, -0.2) is 26.0 Å². The van der Waals surface area contributed by atoms with E-state index in [0.29, 0.717) is 6.42 Å². The molecule has 2 N–H and O–H groups in total. The van der Waals surface area contributed by atoms with Crippen LogP contribution in [0.5, 0.6) is 0 Å². The Morgan fingerprint density at radius 3 is 2.27 bits per heavy atom. The second kappa shape index (κ2) is 15.9. The molecule has 0 aliphatic rings. The zero-order chi connectivity index (χ0) is 11.9. The third-order valence-corrected chi connectivity index (χ3v) is 1.93. The summed E-state index contributed by atoms with van der Waals surface area (Å²) in [7, 11) is 1.90. The highest BCUT2D eigenvalue weighted by Gasteiger charge is 1.98. The first-order valence-electron chi connectivity index (χ1n) is 6.22. The first-order chi connectivity index (χ1) is 7.31. The van der Waals surface area contributed by atoms with Crippen molar-refractivity contribution in [1.82, 2.24) is 10.6 Å². The normalized spacial score (nSPS) is 9.07. The Morgan fingerprint density at radius 1 is 1.07 bits per heavy atom. The second-order valence-electron chi connectivity index (χ2n) is 3.26. The molecule has 0 heterocycles. The Kier molecular flexibility index (Phi) is 17.8. The number of nitrogens with one attached hydrogen (secondary N) is 2. The van der Waals surface area contributed by atoms with Gasteiger partial charge in [-0.1, -0.05) is 33.6 Å². The Hall–Kier alpha value is -0.570. The Balaban J connectivity index is 0. The van der Waals surface area contributed by atoms with Crippen molar-refractivity contribution in [3.8, 4) is 0 Å². The molecule has 0 rings (SSSR count). The molecule has 0 aromatic heterocycles. The molecule has 0 unspecified atom stereocenters. The zero-order valence-electron chi connectivity index (χ0n) is 10.9. The van der Waals surface area contributed by atoms with Crippen LogP contribution in [0.15, 0.2) is 0 Å². The minimum atomic E-state index is 0.186. The van der Waals surface area contributed by atoms with E-state index in [-0.39, 0.29) is 5.91 Å². The molecule has 0 aliphatic heterocycles. The monoisotopic (exact) mass is 216 g/mol. The van der Waals surface area contributed by atoms with Gasteiger partial charge in [-0.15, -0.1) is 0 Å². The molecule has 0 bridgehead atoms. The predicted octanol–water partition coefficient (Wildman–Crippen LogP) is 2.32. The summed E-state index contributed by atoms with van der Waals surface area (Å²) in [5.41, 5.74) is 0. The van der Waals surface area contributed by atoms with Gasteiger partial charge in [0.25, 0.3) is 0 Å². The van der Waals surface area contributed by atoms with Crippen molar-refractivity contribution in [3.05, 3.63) is 0 Å². The van der Waals surface area contributed by atoms with Crippen molar-refractivity contribution in [1.29, 1.82) is 0 Å². The third kappa shape index (κ3) is 16.1. The van der Waals surface area contributed by atoms with E-state index in [9.17, 15) is 4.79 Å². The summed E-state index contributed by atoms with van der Waals surface area (Å²) in [5.74, 6) is 0.186. The lowest BCUT2D eigenvalue weighted by molar-refractivity contribution is -0.121. The van der Waals surface area contributed by atoms with E-state index in [2.05, 4.69) is 17.6 Å². The predicted molar refractivity (Wildman–Crippen MR) is 67.0 cm³/mol. The maximum Gasteiger partial charge on any atom is 0.220 e. The fraction of sp³-hybridized carbons (Fsp3) is 0.917. The zero-order valence-corrected chi connectivity index (χ0v) is 10.9. The maximum absolute atomic E-state index is 11.1. The molecule has 1 amide bonds. The van der Waals surface area contributed by atoms with Gasteiger partial charge in [0.15, 0.2) is 0 Å². The summed E-state index contributed by atoms with van der Waals surface area (Å²) in [6.45, 7) is 7.92. The largest absolute Gasteiger partial charge is 0.356 e. The van der Waals surface area contributed by atoms with Crippen LogP contribution in [0, 0.1) is 0 Å². The van der Waals surface area contributed by atoms with Gasteiger partial charge in [-0.05, 0) is 26.4 Å². The summed E-state index contributed by atoms with van der Waals surface area (Å²) in [6.07, 6.45) is 5.09. The van der Waals surface area contributed by atoms with Crippen molar-refractivity contribution < 1.29 is 4.79 Å². The molecule has 15 heavy (non-hydrogen) atoms. The van der Waals surface area contributed by atoms with E-state index in [1.165, 1.54) is 12.8 Å². The third-order valence-electron chi connectivity index (χ3n) is 1.93. The van der Waals surface area contributed by atoms with Crippen LogP contribution < -0.4 is 10.6 Å². The van der Waals surface area contributed by atoms with E-state index >= 15 is 0 Å². The molecule has 3 heteroatoms. The van der Waals surface area contributed by atoms with E-state index in [0.717, 1.165) is 25.9 Å². The lowest BCUT2D eigenvalue weighted by atomic mass is 10.2. The number of carbonyl (C=O) groups is 1. The first-order valence-corrected chi connectivity index (χ1v) is 6.22. The van der Waals surface area contributed by atoms with E-state index < -0.39 is 0 Å². The number of rotatable bonds is 8. The smallest absolute Gasteiger partial charge is 0.220 e. The lowest BCUT2D eigenvalue weighted by Gasteiger charge is -2.03. The van der Waals surface area contributed by atoms with Crippen molar-refractivity contribution in [3.63, 3.8) is 0 Å². The number of hydrogen-bond donors (Lipinski definition) is 2. The number of carbonyl (C=O) groups excluding carboxylic acids is 1. The molecule has 0 fully saturated rings. The molecule has 3 nitrogen and oxygen atoms in total. The number of unbranched alkanes of at least 4 members (excludes halogenated alkanes) is 2. The molecule has 0 saturated heterocycles. The molecule has 0 aromatic rings. The van der Waals surface area contributed by atoms with Gasteiger partial charge in [0.1, 0.15) is 0 Å². The average Bonchev–Trinajstić information content (AvgIpc) is 2.28. The molecule has 0 aromatic carbocycles. The van der Waals surface area contributed by atoms with Gasteiger partial charge in [-0.2, -0.15) is 0 Å². The van der Waals surface area contributed by atoms with E-state index in [1.54, 1.807) is 0 Å².